The molecule has 4 nitrogen and oxygen atoms in total. The average molecular weight is 196 g/mol. The molecule has 78 valence electrons. The van der Waals surface area contributed by atoms with Crippen LogP contribution in [0.4, 0.5) is 0 Å². The highest BCUT2D eigenvalue weighted by atomic mass is 16.1. The number of hydrogen-bond donors (Lipinski definition) is 0. The predicted octanol–water partition coefficient (Wildman–Crippen LogP) is 2.00. The van der Waals surface area contributed by atoms with E-state index in [-0.39, 0.29) is 12.1 Å². The number of nitrogens with zero attached hydrogens (tertiary/aromatic N) is 2. The van der Waals surface area contributed by atoms with E-state index >= 15 is 0 Å². The van der Waals surface area contributed by atoms with Crippen LogP contribution in [0.3, 0.4) is 0 Å². The summed E-state index contributed by atoms with van der Waals surface area (Å²) in [4.78, 5) is 27.0. The molecule has 0 aliphatic rings. The Morgan fingerprint density at radius 2 is 1.29 bits per heavy atom. The van der Waals surface area contributed by atoms with E-state index in [4.69, 9.17) is 0 Å². The topological polar surface area (TPSA) is 58.9 Å². The van der Waals surface area contributed by atoms with Gasteiger partial charge in [0.1, 0.15) is 0 Å². The first-order valence-corrected chi connectivity index (χ1v) is 4.84. The van der Waals surface area contributed by atoms with E-state index in [0.717, 1.165) is 25.7 Å². The molecule has 0 saturated carbocycles. The highest BCUT2D eigenvalue weighted by Gasteiger charge is 2.01. The minimum Gasteiger partial charge on any atom is -0.211 e. The van der Waals surface area contributed by atoms with Gasteiger partial charge in [0.2, 0.25) is 12.2 Å². The van der Waals surface area contributed by atoms with Gasteiger partial charge in [-0.25, -0.2) is 19.6 Å². The van der Waals surface area contributed by atoms with Crippen molar-refractivity contribution in [2.24, 2.45) is 9.98 Å². The Bertz CT molecular complexity index is 215. The van der Waals surface area contributed by atoms with Crippen LogP contribution in [0.15, 0.2) is 9.98 Å². The standard InChI is InChI=1S/C10H16N2O2/c1-9(11-7-13)5-3-4-6-10(2)12-8-14/h9-10H,3-6H2,1-2H3. The van der Waals surface area contributed by atoms with Gasteiger partial charge in [0.25, 0.3) is 0 Å². The predicted molar refractivity (Wildman–Crippen MR) is 53.6 cm³/mol. The van der Waals surface area contributed by atoms with Crippen molar-refractivity contribution in [3.63, 3.8) is 0 Å². The molecule has 0 aromatic carbocycles. The fourth-order valence-electron chi connectivity index (χ4n) is 1.19. The second-order valence-electron chi connectivity index (χ2n) is 3.42. The Morgan fingerprint density at radius 1 is 0.929 bits per heavy atom. The zero-order chi connectivity index (χ0) is 10.8. The van der Waals surface area contributed by atoms with Gasteiger partial charge in [-0.1, -0.05) is 12.8 Å². The maximum Gasteiger partial charge on any atom is 0.235 e. The van der Waals surface area contributed by atoms with Gasteiger partial charge >= 0.3 is 0 Å². The highest BCUT2D eigenvalue weighted by Crippen LogP contribution is 2.08. The minimum atomic E-state index is 0.0531. The summed E-state index contributed by atoms with van der Waals surface area (Å²) in [6, 6.07) is 0.106. The summed E-state index contributed by atoms with van der Waals surface area (Å²) in [5, 5.41) is 0. The Morgan fingerprint density at radius 3 is 1.57 bits per heavy atom. The molecule has 4 heteroatoms. The third-order valence-corrected chi connectivity index (χ3v) is 2.04. The molecule has 0 aliphatic heterocycles. The molecule has 0 spiro atoms. The molecule has 0 N–H and O–H groups in total. The molecule has 0 bridgehead atoms. The van der Waals surface area contributed by atoms with Crippen LogP contribution in [0.25, 0.3) is 0 Å². The fraction of sp³-hybridized carbons (Fsp3) is 0.800. The van der Waals surface area contributed by atoms with Gasteiger partial charge in [-0.05, 0) is 26.7 Å². The summed E-state index contributed by atoms with van der Waals surface area (Å²) in [6.07, 6.45) is 6.83. The first-order chi connectivity index (χ1) is 6.70. The molecule has 0 rings (SSSR count). The van der Waals surface area contributed by atoms with Crippen LogP contribution >= 0.6 is 0 Å². The lowest BCUT2D eigenvalue weighted by atomic mass is 10.1. The average Bonchev–Trinajstić information content (AvgIpc) is 2.13. The van der Waals surface area contributed by atoms with Gasteiger partial charge in [0.15, 0.2) is 0 Å². The van der Waals surface area contributed by atoms with Crippen LogP contribution in [0.1, 0.15) is 39.5 Å². The molecular weight excluding hydrogens is 180 g/mol. The van der Waals surface area contributed by atoms with Crippen molar-refractivity contribution < 1.29 is 9.59 Å². The number of carbonyl (C=O) groups excluding carboxylic acids is 2. The molecule has 0 aromatic heterocycles. The van der Waals surface area contributed by atoms with E-state index in [0.29, 0.717) is 0 Å². The van der Waals surface area contributed by atoms with Crippen molar-refractivity contribution in [3.8, 4) is 0 Å². The molecule has 14 heavy (non-hydrogen) atoms. The lowest BCUT2D eigenvalue weighted by Crippen LogP contribution is -2.00. The van der Waals surface area contributed by atoms with Gasteiger partial charge < -0.3 is 0 Å². The SMILES string of the molecule is CC(CCCCC(C)N=C=O)N=C=O. The molecule has 0 amide bonds. The van der Waals surface area contributed by atoms with Crippen LogP contribution in [-0.4, -0.2) is 24.2 Å². The zero-order valence-electron chi connectivity index (χ0n) is 8.69. The van der Waals surface area contributed by atoms with Crippen molar-refractivity contribution >= 4 is 12.2 Å². The number of aliphatic imine (C=N–C) groups is 2. The molecule has 0 fully saturated rings. The number of rotatable bonds is 7. The van der Waals surface area contributed by atoms with Gasteiger partial charge in [-0.3, -0.25) is 0 Å². The van der Waals surface area contributed by atoms with Gasteiger partial charge in [0.05, 0.1) is 12.1 Å². The molecule has 0 aliphatic carbocycles. The van der Waals surface area contributed by atoms with Crippen molar-refractivity contribution in [3.05, 3.63) is 0 Å². The first kappa shape index (κ1) is 12.8. The molecule has 0 radical (unpaired) electrons. The van der Waals surface area contributed by atoms with Crippen LogP contribution in [0.2, 0.25) is 0 Å². The van der Waals surface area contributed by atoms with E-state index in [2.05, 4.69) is 9.98 Å². The van der Waals surface area contributed by atoms with E-state index < -0.39 is 0 Å². The Kier molecular flexibility index (Phi) is 7.62. The Labute approximate surface area is 84.1 Å². The molecule has 0 heterocycles. The lowest BCUT2D eigenvalue weighted by molar-refractivity contribution is 0.526. The van der Waals surface area contributed by atoms with Crippen molar-refractivity contribution in [1.82, 2.24) is 0 Å². The maximum absolute atomic E-state index is 9.89. The smallest absolute Gasteiger partial charge is 0.211 e. The largest absolute Gasteiger partial charge is 0.235 e. The summed E-state index contributed by atoms with van der Waals surface area (Å²) >= 11 is 0. The second kappa shape index (κ2) is 8.36. The van der Waals surface area contributed by atoms with Crippen LogP contribution in [0.5, 0.6) is 0 Å². The maximum atomic E-state index is 9.89. The van der Waals surface area contributed by atoms with Gasteiger partial charge in [0, 0.05) is 0 Å². The van der Waals surface area contributed by atoms with E-state index in [1.165, 1.54) is 0 Å². The summed E-state index contributed by atoms with van der Waals surface area (Å²) < 4.78 is 0. The minimum absolute atomic E-state index is 0.0531. The number of hydrogen-bond acceptors (Lipinski definition) is 4. The van der Waals surface area contributed by atoms with Crippen molar-refractivity contribution in [2.45, 2.75) is 51.6 Å². The van der Waals surface area contributed by atoms with Gasteiger partial charge in [-0.2, -0.15) is 0 Å². The Hall–Kier alpha value is -1.24. The van der Waals surface area contributed by atoms with E-state index in [9.17, 15) is 9.59 Å². The quantitative estimate of drug-likeness (QED) is 0.355. The number of isocyanates is 2. The molecule has 0 aromatic rings. The third-order valence-electron chi connectivity index (χ3n) is 2.04. The fourth-order valence-corrected chi connectivity index (χ4v) is 1.19. The van der Waals surface area contributed by atoms with Crippen molar-refractivity contribution in [2.75, 3.05) is 0 Å². The molecule has 2 unspecified atom stereocenters. The Balaban J connectivity index is 3.46. The van der Waals surface area contributed by atoms with Crippen LogP contribution in [0, 0.1) is 0 Å². The summed E-state index contributed by atoms with van der Waals surface area (Å²) in [5.74, 6) is 0. The third kappa shape index (κ3) is 7.41. The number of unbranched alkanes of at least 4 members (excludes halogenated alkanes) is 1. The van der Waals surface area contributed by atoms with E-state index in [1.807, 2.05) is 13.8 Å². The second-order valence-corrected chi connectivity index (χ2v) is 3.42. The normalized spacial score (nSPS) is 13.6. The van der Waals surface area contributed by atoms with Crippen LogP contribution in [-0.2, 0) is 9.59 Å². The lowest BCUT2D eigenvalue weighted by Gasteiger charge is -2.05. The van der Waals surface area contributed by atoms with Crippen molar-refractivity contribution in [1.29, 1.82) is 0 Å². The summed E-state index contributed by atoms with van der Waals surface area (Å²) in [6.45, 7) is 3.77. The summed E-state index contributed by atoms with van der Waals surface area (Å²) in [7, 11) is 0. The first-order valence-electron chi connectivity index (χ1n) is 4.84. The molecule has 0 saturated heterocycles. The highest BCUT2D eigenvalue weighted by molar-refractivity contribution is 5.33. The molecule has 2 atom stereocenters. The monoisotopic (exact) mass is 196 g/mol. The molecular formula is C10H16N2O2. The zero-order valence-corrected chi connectivity index (χ0v) is 8.69. The van der Waals surface area contributed by atoms with E-state index in [1.54, 1.807) is 12.2 Å². The van der Waals surface area contributed by atoms with Gasteiger partial charge in [-0.15, -0.1) is 0 Å². The summed E-state index contributed by atoms with van der Waals surface area (Å²) in [5.41, 5.74) is 0. The van der Waals surface area contributed by atoms with Crippen LogP contribution < -0.4 is 0 Å².